The van der Waals surface area contributed by atoms with Gasteiger partial charge in [-0.25, -0.2) is 4.68 Å². The Morgan fingerprint density at radius 3 is 2.70 bits per heavy atom. The van der Waals surface area contributed by atoms with Crippen LogP contribution >= 0.6 is 23.4 Å². The van der Waals surface area contributed by atoms with Crippen LogP contribution in [0.4, 0.5) is 5.95 Å². The van der Waals surface area contributed by atoms with Crippen LogP contribution in [-0.2, 0) is 10.5 Å². The Kier molecular flexibility index (Phi) is 5.83. The molecule has 4 rings (SSSR count). The van der Waals surface area contributed by atoms with Gasteiger partial charge in [0.05, 0.1) is 7.11 Å². The summed E-state index contributed by atoms with van der Waals surface area (Å²) in [5.74, 6) is 1.91. The maximum atomic E-state index is 12.5. The molecule has 0 fully saturated rings. The van der Waals surface area contributed by atoms with Crippen LogP contribution in [0.15, 0.2) is 65.0 Å². The van der Waals surface area contributed by atoms with E-state index in [1.807, 2.05) is 55.5 Å². The molecule has 154 valence electrons. The Hall–Kier alpha value is -2.77. The molecule has 0 bridgehead atoms. The molecule has 0 saturated carbocycles. The Bertz CT molecular complexity index is 1140. The Morgan fingerprint density at radius 2 is 1.97 bits per heavy atom. The van der Waals surface area contributed by atoms with Gasteiger partial charge in [-0.2, -0.15) is 4.98 Å². The molecule has 1 aliphatic heterocycles. The maximum absolute atomic E-state index is 12.5. The van der Waals surface area contributed by atoms with Gasteiger partial charge in [0.15, 0.2) is 5.78 Å². The van der Waals surface area contributed by atoms with Crippen molar-refractivity contribution in [3.8, 4) is 5.75 Å². The van der Waals surface area contributed by atoms with Gasteiger partial charge in [0.25, 0.3) is 0 Å². The molecule has 1 unspecified atom stereocenters. The number of hydrogen-bond donors (Lipinski definition) is 1. The van der Waals surface area contributed by atoms with Gasteiger partial charge < -0.3 is 10.1 Å². The number of anilines is 1. The fourth-order valence-electron chi connectivity index (χ4n) is 3.59. The summed E-state index contributed by atoms with van der Waals surface area (Å²) in [4.78, 5) is 17.2. The molecule has 0 aliphatic carbocycles. The molecular weight excluding hydrogens is 420 g/mol. The highest BCUT2D eigenvalue weighted by Gasteiger charge is 2.34. The average molecular weight is 441 g/mol. The lowest BCUT2D eigenvalue weighted by molar-refractivity contribution is -0.114. The van der Waals surface area contributed by atoms with Crippen LogP contribution in [0.1, 0.15) is 31.0 Å². The molecule has 3 aromatic rings. The number of allylic oxidation sites excluding steroid dienone is 2. The van der Waals surface area contributed by atoms with Gasteiger partial charge in [0.2, 0.25) is 11.1 Å². The Balaban J connectivity index is 1.73. The van der Waals surface area contributed by atoms with Crippen molar-refractivity contribution >= 4 is 35.1 Å². The maximum Gasteiger partial charge on any atom is 0.227 e. The molecule has 2 heterocycles. The van der Waals surface area contributed by atoms with Crippen LogP contribution in [0.2, 0.25) is 5.02 Å². The third kappa shape index (κ3) is 3.82. The van der Waals surface area contributed by atoms with E-state index in [0.29, 0.717) is 28.2 Å². The van der Waals surface area contributed by atoms with Crippen molar-refractivity contribution in [2.45, 2.75) is 30.8 Å². The van der Waals surface area contributed by atoms with Gasteiger partial charge in [0, 0.05) is 27.6 Å². The van der Waals surface area contributed by atoms with E-state index in [1.165, 1.54) is 11.8 Å². The van der Waals surface area contributed by atoms with Gasteiger partial charge in [0.1, 0.15) is 11.8 Å². The average Bonchev–Trinajstić information content (AvgIpc) is 3.14. The lowest BCUT2D eigenvalue weighted by Gasteiger charge is -2.28. The number of methoxy groups -OCH3 is 1. The zero-order valence-corrected chi connectivity index (χ0v) is 18.4. The SMILES string of the molecule is COc1ccccc1C1C(C(C)=O)=C(C)Nc2nc(SCc3ccccc3Cl)nn21. The van der Waals surface area contributed by atoms with Crippen molar-refractivity contribution in [2.24, 2.45) is 0 Å². The first-order chi connectivity index (χ1) is 14.5. The number of nitrogens with zero attached hydrogens (tertiary/aromatic N) is 3. The summed E-state index contributed by atoms with van der Waals surface area (Å²) in [6.07, 6.45) is 0. The molecule has 0 radical (unpaired) electrons. The normalized spacial score (nSPS) is 15.5. The predicted molar refractivity (Wildman–Crippen MR) is 119 cm³/mol. The number of thioether (sulfide) groups is 1. The molecule has 6 nitrogen and oxygen atoms in total. The number of ether oxygens (including phenoxy) is 1. The number of Topliss-reactive ketones (excluding diaryl/α,β-unsaturated/α-hetero) is 1. The third-order valence-electron chi connectivity index (χ3n) is 4.96. The fraction of sp³-hybridized carbons (Fsp3) is 0.227. The highest BCUT2D eigenvalue weighted by atomic mass is 35.5. The number of fused-ring (bicyclic) bond motifs is 1. The molecule has 30 heavy (non-hydrogen) atoms. The van der Waals surface area contributed by atoms with Crippen molar-refractivity contribution in [1.29, 1.82) is 0 Å². The van der Waals surface area contributed by atoms with E-state index in [9.17, 15) is 4.79 Å². The minimum absolute atomic E-state index is 0.0256. The summed E-state index contributed by atoms with van der Waals surface area (Å²) < 4.78 is 7.33. The van der Waals surface area contributed by atoms with Gasteiger partial charge in [-0.1, -0.05) is 59.8 Å². The first-order valence-corrected chi connectivity index (χ1v) is 10.8. The van der Waals surface area contributed by atoms with Gasteiger partial charge >= 0.3 is 0 Å². The Morgan fingerprint density at radius 1 is 1.23 bits per heavy atom. The number of ketones is 1. The standard InChI is InChI=1S/C22H21ClN4O2S/c1-13-19(14(2)28)20(16-9-5-7-11-18(16)29-3)27-21(24-13)25-22(26-27)30-12-15-8-4-6-10-17(15)23/h4-11,20H,12H2,1-3H3,(H,24,25,26). The van der Waals surface area contributed by atoms with Crippen molar-refractivity contribution in [1.82, 2.24) is 14.8 Å². The number of nitrogens with one attached hydrogen (secondary N) is 1. The summed E-state index contributed by atoms with van der Waals surface area (Å²) in [6, 6.07) is 15.0. The zero-order valence-electron chi connectivity index (χ0n) is 16.8. The lowest BCUT2D eigenvalue weighted by atomic mass is 9.92. The van der Waals surface area contributed by atoms with E-state index < -0.39 is 6.04 Å². The van der Waals surface area contributed by atoms with Crippen LogP contribution in [0.25, 0.3) is 0 Å². The molecule has 0 saturated heterocycles. The number of halogens is 1. The molecular formula is C22H21ClN4O2S. The minimum Gasteiger partial charge on any atom is -0.496 e. The molecule has 2 aromatic carbocycles. The van der Waals surface area contributed by atoms with E-state index in [0.717, 1.165) is 21.8 Å². The molecule has 1 aromatic heterocycles. The van der Waals surface area contributed by atoms with Crippen LogP contribution in [0.3, 0.4) is 0 Å². The number of carbonyl (C=O) groups is 1. The first kappa shape index (κ1) is 20.5. The monoisotopic (exact) mass is 440 g/mol. The van der Waals surface area contributed by atoms with Crippen LogP contribution < -0.4 is 10.1 Å². The number of hydrogen-bond acceptors (Lipinski definition) is 6. The number of carbonyl (C=O) groups excluding carboxylic acids is 1. The number of aromatic nitrogens is 3. The molecule has 1 aliphatic rings. The second kappa shape index (κ2) is 8.53. The minimum atomic E-state index is -0.419. The second-order valence-electron chi connectivity index (χ2n) is 6.91. The summed E-state index contributed by atoms with van der Waals surface area (Å²) in [5.41, 5.74) is 3.28. The summed E-state index contributed by atoms with van der Waals surface area (Å²) in [6.45, 7) is 3.45. The lowest BCUT2D eigenvalue weighted by Crippen LogP contribution is -2.28. The van der Waals surface area contributed by atoms with E-state index in [2.05, 4.69) is 10.3 Å². The fourth-order valence-corrected chi connectivity index (χ4v) is 4.70. The predicted octanol–water partition coefficient (Wildman–Crippen LogP) is 5.11. The molecule has 0 amide bonds. The summed E-state index contributed by atoms with van der Waals surface area (Å²) in [5, 5.41) is 9.27. The summed E-state index contributed by atoms with van der Waals surface area (Å²) >= 11 is 7.77. The van der Waals surface area contributed by atoms with E-state index in [1.54, 1.807) is 18.7 Å². The quantitative estimate of drug-likeness (QED) is 0.537. The van der Waals surface area contributed by atoms with E-state index >= 15 is 0 Å². The Labute approximate surface area is 184 Å². The first-order valence-electron chi connectivity index (χ1n) is 9.44. The van der Waals surface area contributed by atoms with Crippen LogP contribution in [-0.4, -0.2) is 27.7 Å². The third-order valence-corrected chi connectivity index (χ3v) is 6.22. The highest BCUT2D eigenvalue weighted by Crippen LogP contribution is 2.40. The van der Waals surface area contributed by atoms with Crippen LogP contribution in [0.5, 0.6) is 5.75 Å². The van der Waals surface area contributed by atoms with Gasteiger partial charge in [-0.15, -0.1) is 5.10 Å². The summed E-state index contributed by atoms with van der Waals surface area (Å²) in [7, 11) is 1.62. The van der Waals surface area contributed by atoms with Crippen LogP contribution in [0, 0.1) is 0 Å². The van der Waals surface area contributed by atoms with Crippen molar-refractivity contribution < 1.29 is 9.53 Å². The number of rotatable bonds is 6. The van der Waals surface area contributed by atoms with E-state index in [4.69, 9.17) is 21.4 Å². The largest absolute Gasteiger partial charge is 0.496 e. The van der Waals surface area contributed by atoms with Crippen molar-refractivity contribution in [2.75, 3.05) is 12.4 Å². The second-order valence-corrected chi connectivity index (χ2v) is 8.26. The zero-order chi connectivity index (χ0) is 21.3. The molecule has 8 heteroatoms. The van der Waals surface area contributed by atoms with E-state index in [-0.39, 0.29) is 5.78 Å². The number of benzene rings is 2. The van der Waals surface area contributed by atoms with Crippen molar-refractivity contribution in [3.05, 3.63) is 76.0 Å². The van der Waals surface area contributed by atoms with Gasteiger partial charge in [-0.05, 0) is 31.5 Å². The molecule has 1 N–H and O–H groups in total. The molecule has 0 spiro atoms. The topological polar surface area (TPSA) is 69.0 Å². The van der Waals surface area contributed by atoms with Gasteiger partial charge in [-0.3, -0.25) is 4.79 Å². The van der Waals surface area contributed by atoms with Crippen molar-refractivity contribution in [3.63, 3.8) is 0 Å². The highest BCUT2D eigenvalue weighted by molar-refractivity contribution is 7.98. The smallest absolute Gasteiger partial charge is 0.227 e. The molecule has 1 atom stereocenters. The number of para-hydroxylation sites is 1.